The molecule has 0 fully saturated rings. The third-order valence-corrected chi connectivity index (χ3v) is 3.71. The third-order valence-electron chi connectivity index (χ3n) is 3.01. The van der Waals surface area contributed by atoms with Crippen LogP contribution in [0.2, 0.25) is 0 Å². The van der Waals surface area contributed by atoms with Gasteiger partial charge in [-0.1, -0.05) is 13.8 Å². The van der Waals surface area contributed by atoms with Crippen LogP contribution in [0.25, 0.3) is 0 Å². The first-order valence-corrected chi connectivity index (χ1v) is 7.88. The van der Waals surface area contributed by atoms with E-state index in [4.69, 9.17) is 0 Å². The minimum atomic E-state index is -1.69. The highest BCUT2D eigenvalue weighted by molar-refractivity contribution is 9.10. The van der Waals surface area contributed by atoms with Crippen molar-refractivity contribution in [3.63, 3.8) is 0 Å². The van der Waals surface area contributed by atoms with E-state index in [1.165, 1.54) is 12.1 Å². The quantitative estimate of drug-likeness (QED) is 0.520. The Morgan fingerprint density at radius 3 is 2.57 bits per heavy atom. The summed E-state index contributed by atoms with van der Waals surface area (Å²) in [7, 11) is -1.69. The Hall–Kier alpha value is -1.45. The van der Waals surface area contributed by atoms with E-state index in [0.717, 1.165) is 6.07 Å². The van der Waals surface area contributed by atoms with E-state index < -0.39 is 30.7 Å². The van der Waals surface area contributed by atoms with Gasteiger partial charge in [-0.15, -0.1) is 0 Å². The molecular formula is C14H19BBrFN2O4. The molecule has 0 saturated heterocycles. The van der Waals surface area contributed by atoms with Crippen LogP contribution in [0.5, 0.6) is 0 Å². The fourth-order valence-corrected chi connectivity index (χ4v) is 2.37. The van der Waals surface area contributed by atoms with Crippen molar-refractivity contribution >= 4 is 34.9 Å². The van der Waals surface area contributed by atoms with Crippen LogP contribution in [0, 0.1) is 11.7 Å². The molecule has 0 aliphatic rings. The van der Waals surface area contributed by atoms with Crippen LogP contribution in [0.1, 0.15) is 30.6 Å². The van der Waals surface area contributed by atoms with Crippen molar-refractivity contribution in [3.05, 3.63) is 34.1 Å². The molecule has 1 atom stereocenters. The molecule has 6 nitrogen and oxygen atoms in total. The lowest BCUT2D eigenvalue weighted by Crippen LogP contribution is -2.50. The predicted molar refractivity (Wildman–Crippen MR) is 88.0 cm³/mol. The summed E-state index contributed by atoms with van der Waals surface area (Å²) in [5, 5.41) is 23.3. The first kappa shape index (κ1) is 19.6. The van der Waals surface area contributed by atoms with Crippen LogP contribution in [0.4, 0.5) is 4.39 Å². The maximum absolute atomic E-state index is 13.2. The summed E-state index contributed by atoms with van der Waals surface area (Å²) >= 11 is 3.13. The summed E-state index contributed by atoms with van der Waals surface area (Å²) in [4.78, 5) is 23.7. The van der Waals surface area contributed by atoms with Gasteiger partial charge in [0.2, 0.25) is 5.91 Å². The normalized spacial score (nSPS) is 12.0. The molecule has 4 N–H and O–H groups in total. The van der Waals surface area contributed by atoms with E-state index in [0.29, 0.717) is 10.9 Å². The molecule has 23 heavy (non-hydrogen) atoms. The lowest BCUT2D eigenvalue weighted by atomic mass is 9.75. The Kier molecular flexibility index (Phi) is 7.67. The van der Waals surface area contributed by atoms with Crippen molar-refractivity contribution in [1.29, 1.82) is 0 Å². The molecule has 126 valence electrons. The Bertz CT molecular complexity index is 572. The van der Waals surface area contributed by atoms with Crippen molar-refractivity contribution in [2.24, 2.45) is 5.92 Å². The number of carbonyl (C=O) groups excluding carboxylic acids is 2. The molecule has 1 aromatic carbocycles. The molecule has 0 bridgehead atoms. The lowest BCUT2D eigenvalue weighted by molar-refractivity contribution is -0.120. The molecule has 0 radical (unpaired) electrons. The smallest absolute Gasteiger partial charge is 0.426 e. The number of hydrogen-bond acceptors (Lipinski definition) is 4. The van der Waals surface area contributed by atoms with Gasteiger partial charge in [0.25, 0.3) is 5.91 Å². The highest BCUT2D eigenvalue weighted by atomic mass is 79.9. The van der Waals surface area contributed by atoms with E-state index in [1.807, 2.05) is 13.8 Å². The molecule has 1 rings (SSSR count). The summed E-state index contributed by atoms with van der Waals surface area (Å²) in [5.74, 6) is -2.41. The topological polar surface area (TPSA) is 98.7 Å². The molecule has 1 aromatic rings. The number of halogens is 2. The van der Waals surface area contributed by atoms with Crippen LogP contribution >= 0.6 is 15.9 Å². The fraction of sp³-hybridized carbons (Fsp3) is 0.429. The van der Waals surface area contributed by atoms with E-state index in [2.05, 4.69) is 26.6 Å². The second-order valence-electron chi connectivity index (χ2n) is 5.52. The lowest BCUT2D eigenvalue weighted by Gasteiger charge is -2.19. The minimum Gasteiger partial charge on any atom is -0.426 e. The molecule has 9 heteroatoms. The monoisotopic (exact) mass is 388 g/mol. The average molecular weight is 389 g/mol. The summed E-state index contributed by atoms with van der Waals surface area (Å²) < 4.78 is 13.6. The molecule has 0 aliphatic heterocycles. The van der Waals surface area contributed by atoms with Gasteiger partial charge in [-0.2, -0.15) is 0 Å². The van der Waals surface area contributed by atoms with Gasteiger partial charge in [-0.25, -0.2) is 4.39 Å². The second-order valence-corrected chi connectivity index (χ2v) is 6.38. The molecule has 0 saturated carbocycles. The van der Waals surface area contributed by atoms with Crippen molar-refractivity contribution in [1.82, 2.24) is 10.6 Å². The van der Waals surface area contributed by atoms with E-state index in [1.54, 1.807) is 0 Å². The zero-order valence-corrected chi connectivity index (χ0v) is 14.4. The Labute approximate surface area is 142 Å². The van der Waals surface area contributed by atoms with Crippen LogP contribution in [-0.4, -0.2) is 41.5 Å². The van der Waals surface area contributed by atoms with Crippen LogP contribution in [0.15, 0.2) is 22.7 Å². The Morgan fingerprint density at radius 2 is 2.00 bits per heavy atom. The highest BCUT2D eigenvalue weighted by Crippen LogP contribution is 2.17. The van der Waals surface area contributed by atoms with Crippen molar-refractivity contribution in [2.45, 2.75) is 26.2 Å². The maximum Gasteiger partial charge on any atom is 0.475 e. The van der Waals surface area contributed by atoms with Crippen LogP contribution < -0.4 is 10.6 Å². The van der Waals surface area contributed by atoms with Crippen molar-refractivity contribution < 1.29 is 24.0 Å². The van der Waals surface area contributed by atoms with Gasteiger partial charge in [-0.3, -0.25) is 9.59 Å². The third kappa shape index (κ3) is 6.68. The number of rotatable bonds is 7. The maximum atomic E-state index is 13.2. The molecule has 0 unspecified atom stereocenters. The van der Waals surface area contributed by atoms with E-state index in [9.17, 15) is 24.0 Å². The molecular weight excluding hydrogens is 370 g/mol. The number of amides is 2. The predicted octanol–water partition coefficient (Wildman–Crippen LogP) is 0.861. The van der Waals surface area contributed by atoms with Crippen LogP contribution in [0.3, 0.4) is 0 Å². The molecule has 0 spiro atoms. The summed E-state index contributed by atoms with van der Waals surface area (Å²) in [5.41, 5.74) is 0.0683. The van der Waals surface area contributed by atoms with Gasteiger partial charge in [0.1, 0.15) is 5.82 Å². The zero-order valence-electron chi connectivity index (χ0n) is 12.8. The molecule has 0 aliphatic carbocycles. The van der Waals surface area contributed by atoms with E-state index in [-0.39, 0.29) is 18.0 Å². The van der Waals surface area contributed by atoms with Gasteiger partial charge in [0.15, 0.2) is 0 Å². The number of hydrogen-bond donors (Lipinski definition) is 4. The fourth-order valence-electron chi connectivity index (χ4n) is 1.95. The molecule has 0 aromatic heterocycles. The summed E-state index contributed by atoms with van der Waals surface area (Å²) in [6, 6.07) is 3.65. The van der Waals surface area contributed by atoms with Gasteiger partial charge < -0.3 is 20.7 Å². The van der Waals surface area contributed by atoms with Crippen molar-refractivity contribution in [3.8, 4) is 0 Å². The minimum absolute atomic E-state index is 0.0683. The zero-order chi connectivity index (χ0) is 17.6. The first-order chi connectivity index (χ1) is 10.7. The summed E-state index contributed by atoms with van der Waals surface area (Å²) in [6.45, 7) is 3.40. The first-order valence-electron chi connectivity index (χ1n) is 7.09. The largest absolute Gasteiger partial charge is 0.475 e. The van der Waals surface area contributed by atoms with E-state index >= 15 is 0 Å². The number of nitrogens with one attached hydrogen (secondary N) is 2. The standard InChI is InChI=1S/C14H19BBrFN2O4/c1-8(2)5-12(15(22)23)19-13(20)7-18-14(21)10-6-9(17)3-4-11(10)16/h3-4,6,8,12,22-23H,5,7H2,1-2H3,(H,18,21)(H,19,20)/t12-/m0/s1. The molecule has 0 heterocycles. The molecule has 2 amide bonds. The second kappa shape index (κ2) is 9.00. The number of carbonyl (C=O) groups is 2. The Morgan fingerprint density at radius 1 is 1.35 bits per heavy atom. The van der Waals surface area contributed by atoms with Gasteiger partial charge in [0, 0.05) is 4.47 Å². The highest BCUT2D eigenvalue weighted by Gasteiger charge is 2.26. The van der Waals surface area contributed by atoms with Gasteiger partial charge >= 0.3 is 7.12 Å². The van der Waals surface area contributed by atoms with Gasteiger partial charge in [0.05, 0.1) is 18.0 Å². The summed E-state index contributed by atoms with van der Waals surface area (Å²) in [6.07, 6.45) is 0.382. The van der Waals surface area contributed by atoms with Gasteiger partial charge in [-0.05, 0) is 46.5 Å². The van der Waals surface area contributed by atoms with Crippen LogP contribution in [-0.2, 0) is 4.79 Å². The number of benzene rings is 1. The van der Waals surface area contributed by atoms with Crippen molar-refractivity contribution in [2.75, 3.05) is 6.54 Å². The SMILES string of the molecule is CC(C)C[C@H](NC(=O)CNC(=O)c1cc(F)ccc1Br)B(O)O. The Balaban J connectivity index is 2.58. The average Bonchev–Trinajstić information content (AvgIpc) is 2.46.